The molecule has 0 fully saturated rings. The second-order valence-corrected chi connectivity index (χ2v) is 4.14. The fraction of sp³-hybridized carbons (Fsp3) is 0.357. The second-order valence-electron chi connectivity index (χ2n) is 4.14. The van der Waals surface area contributed by atoms with Crippen LogP contribution < -0.4 is 5.32 Å². The number of hydrogen-bond acceptors (Lipinski definition) is 2. The largest absolute Gasteiger partial charge is 0.312 e. The molecule has 1 aromatic rings. The molecular formula is C14H16N2. The van der Waals surface area contributed by atoms with Gasteiger partial charge in [0.15, 0.2) is 0 Å². The molecule has 1 aliphatic carbocycles. The van der Waals surface area contributed by atoms with Crippen LogP contribution in [0.4, 0.5) is 0 Å². The summed E-state index contributed by atoms with van der Waals surface area (Å²) in [4.78, 5) is 0. The summed E-state index contributed by atoms with van der Waals surface area (Å²) in [6, 6.07) is 12.9. The standard InChI is InChI=1S/C14H16N2/c15-10-13(12-6-2-1-3-7-12)11-16-14-8-4-5-9-14/h1-7,13-14,16H,8-9,11H2. The van der Waals surface area contributed by atoms with Crippen LogP contribution in [0.2, 0.25) is 0 Å². The summed E-state index contributed by atoms with van der Waals surface area (Å²) in [5.74, 6) is -0.0400. The number of rotatable bonds is 4. The minimum Gasteiger partial charge on any atom is -0.312 e. The van der Waals surface area contributed by atoms with E-state index < -0.39 is 0 Å². The van der Waals surface area contributed by atoms with E-state index in [0.29, 0.717) is 6.04 Å². The minimum atomic E-state index is -0.0400. The fourth-order valence-corrected chi connectivity index (χ4v) is 1.99. The zero-order valence-corrected chi connectivity index (χ0v) is 9.26. The van der Waals surface area contributed by atoms with Crippen molar-refractivity contribution in [3.63, 3.8) is 0 Å². The highest BCUT2D eigenvalue weighted by molar-refractivity contribution is 5.25. The van der Waals surface area contributed by atoms with Gasteiger partial charge in [0.2, 0.25) is 0 Å². The third-order valence-electron chi connectivity index (χ3n) is 2.98. The molecule has 2 nitrogen and oxygen atoms in total. The van der Waals surface area contributed by atoms with Crippen molar-refractivity contribution >= 4 is 0 Å². The lowest BCUT2D eigenvalue weighted by molar-refractivity contribution is 0.527. The van der Waals surface area contributed by atoms with Gasteiger partial charge in [0, 0.05) is 12.6 Å². The van der Waals surface area contributed by atoms with E-state index in [2.05, 4.69) is 23.5 Å². The van der Waals surface area contributed by atoms with Crippen molar-refractivity contribution in [2.24, 2.45) is 0 Å². The van der Waals surface area contributed by atoms with Gasteiger partial charge in [0.05, 0.1) is 12.0 Å². The molecule has 2 rings (SSSR count). The van der Waals surface area contributed by atoms with Gasteiger partial charge in [-0.3, -0.25) is 0 Å². The van der Waals surface area contributed by atoms with Crippen molar-refractivity contribution < 1.29 is 0 Å². The Morgan fingerprint density at radius 2 is 1.94 bits per heavy atom. The van der Waals surface area contributed by atoms with E-state index >= 15 is 0 Å². The first-order valence-electron chi connectivity index (χ1n) is 5.73. The molecule has 0 aromatic heterocycles. The molecule has 0 aliphatic heterocycles. The van der Waals surface area contributed by atoms with Crippen LogP contribution in [0, 0.1) is 11.3 Å². The fourth-order valence-electron chi connectivity index (χ4n) is 1.99. The highest BCUT2D eigenvalue weighted by Crippen LogP contribution is 2.15. The molecule has 0 spiro atoms. The first kappa shape index (κ1) is 10.9. The van der Waals surface area contributed by atoms with Crippen LogP contribution in [0.5, 0.6) is 0 Å². The summed E-state index contributed by atoms with van der Waals surface area (Å²) in [6.45, 7) is 0.743. The van der Waals surface area contributed by atoms with Crippen molar-refractivity contribution in [3.8, 4) is 6.07 Å². The zero-order valence-electron chi connectivity index (χ0n) is 9.26. The van der Waals surface area contributed by atoms with E-state index in [1.54, 1.807) is 0 Å². The number of nitrogens with one attached hydrogen (secondary N) is 1. The van der Waals surface area contributed by atoms with Crippen LogP contribution in [-0.4, -0.2) is 12.6 Å². The number of nitriles is 1. The van der Waals surface area contributed by atoms with Crippen LogP contribution >= 0.6 is 0 Å². The van der Waals surface area contributed by atoms with E-state index in [1.165, 1.54) is 0 Å². The summed E-state index contributed by atoms with van der Waals surface area (Å²) in [7, 11) is 0. The SMILES string of the molecule is N#CC(CNC1CC=CC1)c1ccccc1. The summed E-state index contributed by atoms with van der Waals surface area (Å²) in [5.41, 5.74) is 1.10. The summed E-state index contributed by atoms with van der Waals surface area (Å²) in [6.07, 6.45) is 6.57. The monoisotopic (exact) mass is 212 g/mol. The Hall–Kier alpha value is -1.59. The second kappa shape index (κ2) is 5.48. The van der Waals surface area contributed by atoms with Gasteiger partial charge in [-0.2, -0.15) is 5.26 Å². The third-order valence-corrected chi connectivity index (χ3v) is 2.98. The first-order valence-corrected chi connectivity index (χ1v) is 5.73. The summed E-state index contributed by atoms with van der Waals surface area (Å²) < 4.78 is 0. The predicted octanol–water partition coefficient (Wildman–Crippen LogP) is 2.60. The first-order chi connectivity index (χ1) is 7.90. The van der Waals surface area contributed by atoms with Crippen LogP contribution in [0.3, 0.4) is 0 Å². The molecule has 1 N–H and O–H groups in total. The quantitative estimate of drug-likeness (QED) is 0.779. The van der Waals surface area contributed by atoms with Gasteiger partial charge in [-0.1, -0.05) is 42.5 Å². The van der Waals surface area contributed by atoms with E-state index in [9.17, 15) is 0 Å². The molecule has 0 saturated heterocycles. The van der Waals surface area contributed by atoms with E-state index in [1.807, 2.05) is 30.3 Å². The maximum Gasteiger partial charge on any atom is 0.0837 e. The van der Waals surface area contributed by atoms with Crippen LogP contribution in [0.15, 0.2) is 42.5 Å². The van der Waals surface area contributed by atoms with E-state index in [4.69, 9.17) is 5.26 Å². The van der Waals surface area contributed by atoms with Gasteiger partial charge in [-0.15, -0.1) is 0 Å². The lowest BCUT2D eigenvalue weighted by atomic mass is 10.0. The van der Waals surface area contributed by atoms with Crippen LogP contribution in [0.25, 0.3) is 0 Å². The van der Waals surface area contributed by atoms with Gasteiger partial charge >= 0.3 is 0 Å². The topological polar surface area (TPSA) is 35.8 Å². The Morgan fingerprint density at radius 1 is 1.25 bits per heavy atom. The van der Waals surface area contributed by atoms with Gasteiger partial charge in [0.25, 0.3) is 0 Å². The molecule has 1 aromatic carbocycles. The molecule has 0 saturated carbocycles. The lowest BCUT2D eigenvalue weighted by Gasteiger charge is -2.15. The van der Waals surface area contributed by atoms with Gasteiger partial charge in [-0.25, -0.2) is 0 Å². The van der Waals surface area contributed by atoms with Gasteiger partial charge in [0.1, 0.15) is 0 Å². The molecule has 82 valence electrons. The Morgan fingerprint density at radius 3 is 2.56 bits per heavy atom. The number of benzene rings is 1. The number of nitrogens with zero attached hydrogens (tertiary/aromatic N) is 1. The van der Waals surface area contributed by atoms with Crippen LogP contribution in [-0.2, 0) is 0 Å². The maximum absolute atomic E-state index is 9.15. The average molecular weight is 212 g/mol. The Bertz CT molecular complexity index is 381. The van der Waals surface area contributed by atoms with Crippen molar-refractivity contribution in [1.29, 1.82) is 5.26 Å². The summed E-state index contributed by atoms with van der Waals surface area (Å²) >= 11 is 0. The van der Waals surface area contributed by atoms with Gasteiger partial charge in [-0.05, 0) is 18.4 Å². The zero-order chi connectivity index (χ0) is 11.2. The highest BCUT2D eigenvalue weighted by Gasteiger charge is 2.14. The van der Waals surface area contributed by atoms with Crippen molar-refractivity contribution in [2.45, 2.75) is 24.8 Å². The molecule has 1 unspecified atom stereocenters. The number of hydrogen-bond donors (Lipinski definition) is 1. The van der Waals surface area contributed by atoms with Crippen molar-refractivity contribution in [2.75, 3.05) is 6.54 Å². The van der Waals surface area contributed by atoms with Gasteiger partial charge < -0.3 is 5.32 Å². The average Bonchev–Trinajstić information content (AvgIpc) is 2.84. The highest BCUT2D eigenvalue weighted by atomic mass is 14.9. The molecule has 0 heterocycles. The smallest absolute Gasteiger partial charge is 0.0837 e. The third kappa shape index (κ3) is 2.71. The normalized spacial score (nSPS) is 17.2. The molecule has 0 bridgehead atoms. The minimum absolute atomic E-state index is 0.0400. The Kier molecular flexibility index (Phi) is 3.74. The molecule has 16 heavy (non-hydrogen) atoms. The molecule has 1 aliphatic rings. The van der Waals surface area contributed by atoms with Crippen molar-refractivity contribution in [3.05, 3.63) is 48.0 Å². The Labute approximate surface area is 96.6 Å². The molecule has 2 heteroatoms. The molecular weight excluding hydrogens is 196 g/mol. The molecule has 1 atom stereocenters. The van der Waals surface area contributed by atoms with E-state index in [-0.39, 0.29) is 5.92 Å². The lowest BCUT2D eigenvalue weighted by Crippen LogP contribution is -2.30. The summed E-state index contributed by atoms with van der Waals surface area (Å²) in [5, 5.41) is 12.6. The predicted molar refractivity (Wildman–Crippen MR) is 65.0 cm³/mol. The van der Waals surface area contributed by atoms with Crippen molar-refractivity contribution in [1.82, 2.24) is 5.32 Å². The maximum atomic E-state index is 9.15. The Balaban J connectivity index is 1.89. The van der Waals surface area contributed by atoms with Crippen LogP contribution in [0.1, 0.15) is 24.3 Å². The molecule has 0 amide bonds. The van der Waals surface area contributed by atoms with E-state index in [0.717, 1.165) is 24.9 Å². The molecule has 0 radical (unpaired) electrons.